The third-order valence-electron chi connectivity index (χ3n) is 5.27. The largest absolute Gasteiger partial charge is 0.477 e. The minimum absolute atomic E-state index is 0.0632. The summed E-state index contributed by atoms with van der Waals surface area (Å²) in [5, 5.41) is 19.0. The fourth-order valence-electron chi connectivity index (χ4n) is 3.32. The van der Waals surface area contributed by atoms with Crippen LogP contribution < -0.4 is 21.7 Å². The second-order valence-electron chi connectivity index (χ2n) is 8.07. The lowest BCUT2D eigenvalue weighted by Gasteiger charge is -2.10. The summed E-state index contributed by atoms with van der Waals surface area (Å²) in [5.41, 5.74) is 8.88. The summed E-state index contributed by atoms with van der Waals surface area (Å²) in [6.07, 6.45) is 2.19. The Bertz CT molecular complexity index is 1250. The van der Waals surface area contributed by atoms with Gasteiger partial charge in [-0.1, -0.05) is 29.5 Å². The molecule has 0 radical (unpaired) electrons. The van der Waals surface area contributed by atoms with Crippen molar-refractivity contribution in [1.82, 2.24) is 10.3 Å². The SMILES string of the molecule is Cc1ccc(C(=O)NC2CC2)cc1Nc1nc(-c2cccc(NC(=O)CCN)c2)c(C(=O)O)s1. The highest BCUT2D eigenvalue weighted by molar-refractivity contribution is 7.18. The second kappa shape index (κ2) is 10.0. The van der Waals surface area contributed by atoms with Gasteiger partial charge in [-0.05, 0) is 49.6 Å². The van der Waals surface area contributed by atoms with Crippen molar-refractivity contribution < 1.29 is 19.5 Å². The number of carboxylic acids is 1. The zero-order valence-corrected chi connectivity index (χ0v) is 19.4. The molecule has 2 aromatic carbocycles. The van der Waals surface area contributed by atoms with E-state index in [1.807, 2.05) is 13.0 Å². The summed E-state index contributed by atoms with van der Waals surface area (Å²) in [4.78, 5) is 40.8. The van der Waals surface area contributed by atoms with Gasteiger partial charge in [0.05, 0.1) is 5.69 Å². The number of amides is 2. The molecular weight excluding hydrogens is 454 g/mol. The summed E-state index contributed by atoms with van der Waals surface area (Å²) < 4.78 is 0. The molecule has 0 atom stereocenters. The number of nitrogens with one attached hydrogen (secondary N) is 3. The van der Waals surface area contributed by atoms with E-state index in [1.54, 1.807) is 36.4 Å². The van der Waals surface area contributed by atoms with Gasteiger partial charge in [-0.3, -0.25) is 9.59 Å². The van der Waals surface area contributed by atoms with Crippen molar-refractivity contribution in [2.24, 2.45) is 5.73 Å². The molecule has 0 unspecified atom stereocenters. The topological polar surface area (TPSA) is 146 Å². The van der Waals surface area contributed by atoms with Gasteiger partial charge >= 0.3 is 5.97 Å². The van der Waals surface area contributed by atoms with Gasteiger partial charge in [-0.25, -0.2) is 9.78 Å². The molecule has 34 heavy (non-hydrogen) atoms. The second-order valence-corrected chi connectivity index (χ2v) is 9.07. The summed E-state index contributed by atoms with van der Waals surface area (Å²) >= 11 is 1.00. The van der Waals surface area contributed by atoms with Crippen molar-refractivity contribution in [2.45, 2.75) is 32.2 Å². The normalized spacial score (nSPS) is 12.8. The van der Waals surface area contributed by atoms with Crippen LogP contribution >= 0.6 is 11.3 Å². The zero-order chi connectivity index (χ0) is 24.2. The lowest BCUT2D eigenvalue weighted by atomic mass is 10.1. The molecule has 0 saturated heterocycles. The number of rotatable bonds is 9. The van der Waals surface area contributed by atoms with Crippen molar-refractivity contribution in [3.8, 4) is 11.3 Å². The number of carboxylic acid groups (broad SMARTS) is 1. The van der Waals surface area contributed by atoms with E-state index < -0.39 is 5.97 Å². The van der Waals surface area contributed by atoms with E-state index in [-0.39, 0.29) is 41.4 Å². The van der Waals surface area contributed by atoms with Gasteiger partial charge in [0.15, 0.2) is 5.13 Å². The van der Waals surface area contributed by atoms with Gasteiger partial charge in [-0.2, -0.15) is 0 Å². The average molecular weight is 480 g/mol. The fraction of sp³-hybridized carbons (Fsp3) is 0.250. The number of anilines is 3. The monoisotopic (exact) mass is 479 g/mol. The van der Waals surface area contributed by atoms with Crippen LogP contribution in [0.2, 0.25) is 0 Å². The van der Waals surface area contributed by atoms with E-state index in [1.165, 1.54) is 0 Å². The third kappa shape index (κ3) is 5.59. The van der Waals surface area contributed by atoms with Gasteiger partial charge in [0.1, 0.15) is 4.88 Å². The Kier molecular flexibility index (Phi) is 6.90. The maximum absolute atomic E-state index is 12.4. The Labute approximate surface area is 200 Å². The molecule has 3 aromatic rings. The molecule has 1 aliphatic rings. The van der Waals surface area contributed by atoms with Gasteiger partial charge in [0.2, 0.25) is 5.91 Å². The molecule has 1 saturated carbocycles. The molecule has 0 spiro atoms. The molecule has 1 aliphatic carbocycles. The van der Waals surface area contributed by atoms with Crippen molar-refractivity contribution >= 4 is 45.6 Å². The first-order chi connectivity index (χ1) is 16.3. The number of carbonyl (C=O) groups is 3. The Morgan fingerprint density at radius 3 is 2.68 bits per heavy atom. The summed E-state index contributed by atoms with van der Waals surface area (Å²) in [6.45, 7) is 2.13. The van der Waals surface area contributed by atoms with Crippen LogP contribution in [0.3, 0.4) is 0 Å². The van der Waals surface area contributed by atoms with Gasteiger partial charge in [0.25, 0.3) is 5.91 Å². The molecule has 0 aliphatic heterocycles. The van der Waals surface area contributed by atoms with Crippen LogP contribution in [-0.2, 0) is 4.79 Å². The molecule has 4 rings (SSSR count). The van der Waals surface area contributed by atoms with Gasteiger partial charge in [0, 0.05) is 41.5 Å². The predicted molar refractivity (Wildman–Crippen MR) is 132 cm³/mol. The first-order valence-corrected chi connectivity index (χ1v) is 11.7. The molecule has 6 N–H and O–H groups in total. The van der Waals surface area contributed by atoms with Crippen LogP contribution in [0.5, 0.6) is 0 Å². The number of aromatic carboxylic acids is 1. The molecule has 1 heterocycles. The molecule has 9 nitrogen and oxygen atoms in total. The minimum Gasteiger partial charge on any atom is -0.477 e. The Balaban J connectivity index is 1.60. The van der Waals surface area contributed by atoms with Crippen molar-refractivity contribution in [3.05, 3.63) is 58.5 Å². The lowest BCUT2D eigenvalue weighted by molar-refractivity contribution is -0.116. The van der Waals surface area contributed by atoms with E-state index in [9.17, 15) is 19.5 Å². The van der Waals surface area contributed by atoms with E-state index in [0.717, 1.165) is 29.7 Å². The quantitative estimate of drug-likeness (QED) is 0.314. The highest BCUT2D eigenvalue weighted by Gasteiger charge is 2.24. The number of thiazole rings is 1. The number of nitrogens with two attached hydrogens (primary N) is 1. The van der Waals surface area contributed by atoms with E-state index in [0.29, 0.717) is 27.6 Å². The maximum atomic E-state index is 12.4. The molecule has 1 fully saturated rings. The maximum Gasteiger partial charge on any atom is 0.348 e. The fourth-order valence-corrected chi connectivity index (χ4v) is 4.16. The number of aromatic nitrogens is 1. The molecule has 0 bridgehead atoms. The standard InChI is InChI=1S/C24H25N5O4S/c1-13-5-6-15(22(31)27-16-7-8-16)12-18(13)28-24-29-20(21(34-24)23(32)33)14-3-2-4-17(11-14)26-19(30)9-10-25/h2-6,11-12,16H,7-10,25H2,1H3,(H,26,30)(H,27,31)(H,28,29)(H,32,33). The number of nitrogens with zero attached hydrogens (tertiary/aromatic N) is 1. The highest BCUT2D eigenvalue weighted by atomic mass is 32.1. The number of carbonyl (C=O) groups excluding carboxylic acids is 2. The Morgan fingerprint density at radius 1 is 1.18 bits per heavy atom. The van der Waals surface area contributed by atoms with E-state index in [4.69, 9.17) is 5.73 Å². The van der Waals surface area contributed by atoms with Crippen molar-refractivity contribution in [2.75, 3.05) is 17.2 Å². The number of aryl methyl sites for hydroxylation is 1. The summed E-state index contributed by atoms with van der Waals surface area (Å²) in [5.74, 6) is -1.46. The van der Waals surface area contributed by atoms with E-state index in [2.05, 4.69) is 20.9 Å². The van der Waals surface area contributed by atoms with Gasteiger partial charge < -0.3 is 26.8 Å². The molecule has 176 valence electrons. The highest BCUT2D eigenvalue weighted by Crippen LogP contribution is 2.34. The van der Waals surface area contributed by atoms with Crippen molar-refractivity contribution in [1.29, 1.82) is 0 Å². The number of hydrogen-bond acceptors (Lipinski definition) is 7. The summed E-state index contributed by atoms with van der Waals surface area (Å²) in [6, 6.07) is 12.4. The van der Waals surface area contributed by atoms with Crippen LogP contribution in [0, 0.1) is 6.92 Å². The van der Waals surface area contributed by atoms with Crippen molar-refractivity contribution in [3.63, 3.8) is 0 Å². The third-order valence-corrected chi connectivity index (χ3v) is 6.23. The molecule has 10 heteroatoms. The average Bonchev–Trinajstić information content (AvgIpc) is 3.51. The molecule has 2 amide bonds. The minimum atomic E-state index is -1.10. The van der Waals surface area contributed by atoms with Crippen LogP contribution in [0.1, 0.15) is 44.9 Å². The Hall–Kier alpha value is -3.76. The van der Waals surface area contributed by atoms with E-state index >= 15 is 0 Å². The summed E-state index contributed by atoms with van der Waals surface area (Å²) in [7, 11) is 0. The smallest absolute Gasteiger partial charge is 0.348 e. The Morgan fingerprint density at radius 2 is 1.97 bits per heavy atom. The lowest BCUT2D eigenvalue weighted by Crippen LogP contribution is -2.25. The van der Waals surface area contributed by atoms with Crippen LogP contribution in [0.25, 0.3) is 11.3 Å². The van der Waals surface area contributed by atoms with Crippen LogP contribution in [0.4, 0.5) is 16.5 Å². The first-order valence-electron chi connectivity index (χ1n) is 10.9. The predicted octanol–water partition coefficient (Wildman–Crippen LogP) is 3.74. The van der Waals surface area contributed by atoms with Crippen LogP contribution in [0.15, 0.2) is 42.5 Å². The van der Waals surface area contributed by atoms with Gasteiger partial charge in [-0.15, -0.1) is 0 Å². The number of hydrogen-bond donors (Lipinski definition) is 5. The molecular formula is C24H25N5O4S. The van der Waals surface area contributed by atoms with Crippen LogP contribution in [-0.4, -0.2) is 40.5 Å². The first kappa shape index (κ1) is 23.4. The molecule has 1 aromatic heterocycles. The number of benzene rings is 2. The zero-order valence-electron chi connectivity index (χ0n) is 18.6.